The third-order valence-corrected chi connectivity index (χ3v) is 3.18. The lowest BCUT2D eigenvalue weighted by Gasteiger charge is -2.02. The minimum Gasteiger partial charge on any atom is -0.424 e. The van der Waals surface area contributed by atoms with Crippen molar-refractivity contribution in [3.05, 3.63) is 35.9 Å². The number of hydrogen-bond acceptors (Lipinski definition) is 1. The van der Waals surface area contributed by atoms with Gasteiger partial charge in [-0.3, -0.25) is 0 Å². The Labute approximate surface area is 89.4 Å². The van der Waals surface area contributed by atoms with Gasteiger partial charge in [-0.15, -0.1) is 0 Å². The molecule has 1 aromatic carbocycles. The van der Waals surface area contributed by atoms with Crippen LogP contribution in [-0.2, 0) is 10.8 Å². The van der Waals surface area contributed by atoms with Gasteiger partial charge in [0.25, 0.3) is 0 Å². The molecule has 78 valence electrons. The highest BCUT2D eigenvalue weighted by molar-refractivity contribution is 6.26. The van der Waals surface area contributed by atoms with Crippen LogP contribution < -0.4 is 0 Å². The molecule has 0 bridgehead atoms. The molecule has 0 unspecified atom stereocenters. The van der Waals surface area contributed by atoms with Crippen molar-refractivity contribution in [3.63, 3.8) is 0 Å². The Kier molecular flexibility index (Phi) is 6.37. The Balaban J connectivity index is 1.99. The molecule has 1 aromatic rings. The molecule has 0 amide bonds. The zero-order chi connectivity index (χ0) is 10.1. The molecule has 0 aliphatic heterocycles. The van der Waals surface area contributed by atoms with Gasteiger partial charge in [-0.1, -0.05) is 37.3 Å². The summed E-state index contributed by atoms with van der Waals surface area (Å²) in [5, 5.41) is 0. The van der Waals surface area contributed by atoms with Crippen LogP contribution in [0.1, 0.15) is 25.3 Å². The summed E-state index contributed by atoms with van der Waals surface area (Å²) in [6, 6.07) is 11.9. The first-order chi connectivity index (χ1) is 6.93. The van der Waals surface area contributed by atoms with Crippen LogP contribution in [0.4, 0.5) is 0 Å². The molecular weight excluding hydrogens is 188 g/mol. The highest BCUT2D eigenvalue weighted by Gasteiger charge is 1.92. The number of rotatable bonds is 7. The summed E-state index contributed by atoms with van der Waals surface area (Å²) in [7, 11) is -0.169. The molecule has 0 atom stereocenters. The molecule has 0 aromatic heterocycles. The maximum atomic E-state index is 5.56. The van der Waals surface area contributed by atoms with Gasteiger partial charge >= 0.3 is 0 Å². The van der Waals surface area contributed by atoms with E-state index in [0.717, 1.165) is 6.61 Å². The smallest absolute Gasteiger partial charge is 0.161 e. The van der Waals surface area contributed by atoms with Crippen LogP contribution in [-0.4, -0.2) is 16.4 Å². The largest absolute Gasteiger partial charge is 0.424 e. The van der Waals surface area contributed by atoms with Crippen molar-refractivity contribution >= 4 is 9.76 Å². The van der Waals surface area contributed by atoms with Gasteiger partial charge in [-0.25, -0.2) is 0 Å². The predicted molar refractivity (Wildman–Crippen MR) is 64.4 cm³/mol. The third-order valence-electron chi connectivity index (χ3n) is 2.20. The van der Waals surface area contributed by atoms with Gasteiger partial charge in [0.15, 0.2) is 9.76 Å². The fraction of sp³-hybridized carbons (Fsp3) is 0.500. The molecule has 1 nitrogen and oxygen atoms in total. The van der Waals surface area contributed by atoms with Crippen LogP contribution in [0.2, 0.25) is 6.04 Å². The molecule has 14 heavy (non-hydrogen) atoms. The van der Waals surface area contributed by atoms with Gasteiger partial charge < -0.3 is 4.43 Å². The second-order valence-corrected chi connectivity index (χ2v) is 5.37. The van der Waals surface area contributed by atoms with Crippen molar-refractivity contribution < 1.29 is 4.43 Å². The molecule has 0 radical (unpaired) electrons. The van der Waals surface area contributed by atoms with Gasteiger partial charge in [0, 0.05) is 6.61 Å². The summed E-state index contributed by atoms with van der Waals surface area (Å²) in [6.07, 6.45) is 3.65. The molecule has 0 saturated carbocycles. The fourth-order valence-electron chi connectivity index (χ4n) is 1.42. The monoisotopic (exact) mass is 208 g/mol. The minimum atomic E-state index is -0.169. The van der Waals surface area contributed by atoms with Gasteiger partial charge in [0.2, 0.25) is 0 Å². The van der Waals surface area contributed by atoms with Gasteiger partial charge in [0.05, 0.1) is 0 Å². The normalized spacial score (nSPS) is 11.2. The van der Waals surface area contributed by atoms with Crippen molar-refractivity contribution in [3.8, 4) is 0 Å². The summed E-state index contributed by atoms with van der Waals surface area (Å²) in [4.78, 5) is 0. The van der Waals surface area contributed by atoms with Crippen molar-refractivity contribution in [1.29, 1.82) is 0 Å². The van der Waals surface area contributed by atoms with Crippen LogP contribution >= 0.6 is 0 Å². The Morgan fingerprint density at radius 2 is 1.93 bits per heavy atom. The van der Waals surface area contributed by atoms with Gasteiger partial charge in [-0.2, -0.15) is 0 Å². The molecule has 0 aliphatic rings. The number of unbranched alkanes of at least 4 members (excludes halogenated alkanes) is 1. The molecule has 1 rings (SSSR count). The van der Waals surface area contributed by atoms with Crippen molar-refractivity contribution in [2.75, 3.05) is 6.61 Å². The first-order valence-corrected chi connectivity index (χ1v) is 7.13. The van der Waals surface area contributed by atoms with Crippen LogP contribution in [0, 0.1) is 0 Å². The van der Waals surface area contributed by atoms with E-state index in [9.17, 15) is 0 Å². The van der Waals surface area contributed by atoms with E-state index in [-0.39, 0.29) is 9.76 Å². The Bertz CT molecular complexity index is 223. The molecule has 0 aliphatic carbocycles. The van der Waals surface area contributed by atoms with E-state index in [1.165, 1.54) is 30.9 Å². The van der Waals surface area contributed by atoms with E-state index < -0.39 is 0 Å². The second kappa shape index (κ2) is 7.77. The minimum absolute atomic E-state index is 0.169. The SMILES string of the molecule is CC[SiH2]OCCCCc1ccccc1. The zero-order valence-electron chi connectivity index (χ0n) is 9.04. The number of hydrogen-bond donors (Lipinski definition) is 0. The standard InChI is InChI=1S/C12H20OSi/c1-2-14-13-11-7-6-10-12-8-4-3-5-9-12/h3-5,8-9H,2,6-7,10-11,14H2,1H3. The van der Waals surface area contributed by atoms with Crippen LogP contribution in [0.5, 0.6) is 0 Å². The van der Waals surface area contributed by atoms with Gasteiger partial charge in [-0.05, 0) is 30.9 Å². The van der Waals surface area contributed by atoms with E-state index in [1.54, 1.807) is 0 Å². The molecule has 0 heterocycles. The topological polar surface area (TPSA) is 9.23 Å². The van der Waals surface area contributed by atoms with E-state index in [1.807, 2.05) is 0 Å². The molecule has 2 heteroatoms. The molecular formula is C12H20OSi. The van der Waals surface area contributed by atoms with Crippen molar-refractivity contribution in [2.45, 2.75) is 32.2 Å². The molecule has 0 spiro atoms. The maximum absolute atomic E-state index is 5.56. The lowest BCUT2D eigenvalue weighted by atomic mass is 10.1. The Hall–Kier alpha value is -0.603. The van der Waals surface area contributed by atoms with E-state index in [0.29, 0.717) is 0 Å². The average molecular weight is 208 g/mol. The quantitative estimate of drug-likeness (QED) is 0.494. The lowest BCUT2D eigenvalue weighted by Crippen LogP contribution is -1.99. The van der Waals surface area contributed by atoms with Crippen LogP contribution in [0.15, 0.2) is 30.3 Å². The van der Waals surface area contributed by atoms with Crippen LogP contribution in [0.3, 0.4) is 0 Å². The summed E-state index contributed by atoms with van der Waals surface area (Å²) in [5.41, 5.74) is 1.44. The first kappa shape index (κ1) is 11.5. The highest BCUT2D eigenvalue weighted by Crippen LogP contribution is 2.04. The van der Waals surface area contributed by atoms with Gasteiger partial charge in [0.1, 0.15) is 0 Å². The Morgan fingerprint density at radius 1 is 1.14 bits per heavy atom. The van der Waals surface area contributed by atoms with Crippen LogP contribution in [0.25, 0.3) is 0 Å². The summed E-state index contributed by atoms with van der Waals surface area (Å²) in [5.74, 6) is 0. The molecule has 0 saturated heterocycles. The third kappa shape index (κ3) is 5.20. The van der Waals surface area contributed by atoms with E-state index >= 15 is 0 Å². The second-order valence-electron chi connectivity index (χ2n) is 3.56. The van der Waals surface area contributed by atoms with Crippen molar-refractivity contribution in [2.24, 2.45) is 0 Å². The highest BCUT2D eigenvalue weighted by atomic mass is 28.2. The predicted octanol–water partition coefficient (Wildman–Crippen LogP) is 2.55. The molecule has 0 fully saturated rings. The number of aryl methyl sites for hydroxylation is 1. The average Bonchev–Trinajstić information content (AvgIpc) is 2.25. The Morgan fingerprint density at radius 3 is 2.64 bits per heavy atom. The summed E-state index contributed by atoms with van der Waals surface area (Å²) in [6.45, 7) is 3.18. The van der Waals surface area contributed by atoms with Crippen molar-refractivity contribution in [1.82, 2.24) is 0 Å². The zero-order valence-corrected chi connectivity index (χ0v) is 10.5. The first-order valence-electron chi connectivity index (χ1n) is 5.55. The van der Waals surface area contributed by atoms with E-state index in [4.69, 9.17) is 4.43 Å². The lowest BCUT2D eigenvalue weighted by molar-refractivity contribution is 0.323. The fourth-order valence-corrected chi connectivity index (χ4v) is 2.12. The number of benzene rings is 1. The summed E-state index contributed by atoms with van der Waals surface area (Å²) >= 11 is 0. The summed E-state index contributed by atoms with van der Waals surface area (Å²) < 4.78 is 5.56. The maximum Gasteiger partial charge on any atom is 0.161 e. The molecule has 0 N–H and O–H groups in total. The van der Waals surface area contributed by atoms with E-state index in [2.05, 4.69) is 37.3 Å².